The van der Waals surface area contributed by atoms with Gasteiger partial charge in [0, 0.05) is 6.07 Å². The Balaban J connectivity index is 2.42. The summed E-state index contributed by atoms with van der Waals surface area (Å²) in [5.74, 6) is -1.21. The number of nitrogens with zero attached hydrogens (tertiary/aromatic N) is 3. The van der Waals surface area contributed by atoms with E-state index >= 15 is 0 Å². The quantitative estimate of drug-likeness (QED) is 0.640. The summed E-state index contributed by atoms with van der Waals surface area (Å²) < 4.78 is 0. The highest BCUT2D eigenvalue weighted by Gasteiger charge is 2.21. The van der Waals surface area contributed by atoms with Gasteiger partial charge in [-0.15, -0.1) is 0 Å². The van der Waals surface area contributed by atoms with Gasteiger partial charge in [0.1, 0.15) is 5.82 Å². The van der Waals surface area contributed by atoms with Gasteiger partial charge in [0.25, 0.3) is 11.6 Å². The third-order valence-electron chi connectivity index (χ3n) is 2.63. The second kappa shape index (κ2) is 5.83. The molecule has 0 amide bonds. The van der Waals surface area contributed by atoms with E-state index in [1.54, 1.807) is 6.07 Å². The van der Waals surface area contributed by atoms with Gasteiger partial charge in [0.05, 0.1) is 15.4 Å². The van der Waals surface area contributed by atoms with Crippen LogP contribution in [-0.2, 0) is 0 Å². The van der Waals surface area contributed by atoms with Crippen molar-refractivity contribution in [2.45, 2.75) is 0 Å². The average Bonchev–Trinajstić information content (AvgIpc) is 2.44. The minimum absolute atomic E-state index is 0.160. The number of nitrogens with one attached hydrogen (secondary N) is 1. The molecular formula is C12H8N4O6. The molecule has 0 unspecified atom stereocenters. The highest BCUT2D eigenvalue weighted by Crippen LogP contribution is 2.21. The van der Waals surface area contributed by atoms with Crippen molar-refractivity contribution in [3.05, 3.63) is 66.2 Å². The second-order valence-electron chi connectivity index (χ2n) is 4.03. The van der Waals surface area contributed by atoms with Crippen LogP contribution in [0.3, 0.4) is 0 Å². The van der Waals surface area contributed by atoms with Crippen LogP contribution in [0.25, 0.3) is 12.2 Å². The van der Waals surface area contributed by atoms with Crippen molar-refractivity contribution >= 4 is 23.5 Å². The first-order valence-corrected chi connectivity index (χ1v) is 5.79. The third kappa shape index (κ3) is 2.95. The SMILES string of the molecule is O=c1[nH]c(/C=C\c2ccccc2[N+](=O)[O-])nc(O)c1[N+](=O)[O-]. The van der Waals surface area contributed by atoms with E-state index < -0.39 is 27.0 Å². The number of H-pyrrole nitrogens is 1. The van der Waals surface area contributed by atoms with Crippen molar-refractivity contribution in [2.24, 2.45) is 0 Å². The molecule has 2 N–H and O–H groups in total. The number of aromatic nitrogens is 2. The highest BCUT2D eigenvalue weighted by molar-refractivity contribution is 5.72. The van der Waals surface area contributed by atoms with Gasteiger partial charge in [0.15, 0.2) is 0 Å². The fraction of sp³-hybridized carbons (Fsp3) is 0. The minimum atomic E-state index is -1.13. The second-order valence-corrected chi connectivity index (χ2v) is 4.03. The molecule has 1 aromatic heterocycles. The summed E-state index contributed by atoms with van der Waals surface area (Å²) >= 11 is 0. The van der Waals surface area contributed by atoms with Crippen molar-refractivity contribution < 1.29 is 15.0 Å². The predicted molar refractivity (Wildman–Crippen MR) is 75.2 cm³/mol. The Morgan fingerprint density at radius 2 is 1.82 bits per heavy atom. The fourth-order valence-electron chi connectivity index (χ4n) is 1.68. The molecule has 0 fully saturated rings. The van der Waals surface area contributed by atoms with Gasteiger partial charge in [-0.25, -0.2) is 0 Å². The predicted octanol–water partition coefficient (Wildman–Crippen LogP) is 1.46. The number of hydrogen-bond donors (Lipinski definition) is 2. The summed E-state index contributed by atoms with van der Waals surface area (Å²) in [6, 6.07) is 5.84. The van der Waals surface area contributed by atoms with Crippen LogP contribution in [0.2, 0.25) is 0 Å². The Kier molecular flexibility index (Phi) is 3.93. The zero-order valence-electron chi connectivity index (χ0n) is 10.8. The third-order valence-corrected chi connectivity index (χ3v) is 2.63. The smallest absolute Gasteiger partial charge is 0.395 e. The zero-order chi connectivity index (χ0) is 16.3. The Morgan fingerprint density at radius 3 is 2.41 bits per heavy atom. The first-order chi connectivity index (χ1) is 10.4. The Hall–Kier alpha value is -3.56. The molecule has 2 rings (SSSR count). The van der Waals surface area contributed by atoms with E-state index in [4.69, 9.17) is 0 Å². The Bertz CT molecular complexity index is 842. The van der Waals surface area contributed by atoms with Crippen molar-refractivity contribution in [1.82, 2.24) is 9.97 Å². The van der Waals surface area contributed by atoms with Crippen molar-refractivity contribution in [3.8, 4) is 5.88 Å². The molecule has 2 aromatic rings. The van der Waals surface area contributed by atoms with Crippen LogP contribution < -0.4 is 5.56 Å². The summed E-state index contributed by atoms with van der Waals surface area (Å²) in [7, 11) is 0. The molecule has 1 aromatic carbocycles. The van der Waals surface area contributed by atoms with E-state index in [0.717, 1.165) is 0 Å². The summed E-state index contributed by atoms with van der Waals surface area (Å²) in [6.45, 7) is 0. The molecule has 1 heterocycles. The van der Waals surface area contributed by atoms with Crippen molar-refractivity contribution in [2.75, 3.05) is 0 Å². The van der Waals surface area contributed by atoms with E-state index in [9.17, 15) is 30.1 Å². The normalized spacial score (nSPS) is 10.7. The molecule has 10 heteroatoms. The van der Waals surface area contributed by atoms with E-state index in [1.165, 1.54) is 30.4 Å². The van der Waals surface area contributed by atoms with E-state index in [0.29, 0.717) is 0 Å². The molecule has 0 radical (unpaired) electrons. The van der Waals surface area contributed by atoms with E-state index in [2.05, 4.69) is 9.97 Å². The van der Waals surface area contributed by atoms with Gasteiger partial charge in [-0.05, 0) is 18.2 Å². The molecule has 0 saturated carbocycles. The van der Waals surface area contributed by atoms with Crippen LogP contribution >= 0.6 is 0 Å². The van der Waals surface area contributed by atoms with Gasteiger partial charge < -0.3 is 10.1 Å². The highest BCUT2D eigenvalue weighted by atomic mass is 16.6. The molecule has 0 aliphatic heterocycles. The molecule has 22 heavy (non-hydrogen) atoms. The molecule has 112 valence electrons. The van der Waals surface area contributed by atoms with Crippen LogP contribution in [0.15, 0.2) is 29.1 Å². The van der Waals surface area contributed by atoms with Crippen LogP contribution in [0.5, 0.6) is 5.88 Å². The van der Waals surface area contributed by atoms with Gasteiger partial charge >= 0.3 is 11.2 Å². The Labute approximate surface area is 121 Å². The summed E-state index contributed by atoms with van der Waals surface area (Å²) in [5.41, 5.74) is -2.11. The topological polar surface area (TPSA) is 152 Å². The Morgan fingerprint density at radius 1 is 1.14 bits per heavy atom. The fourth-order valence-corrected chi connectivity index (χ4v) is 1.68. The van der Waals surface area contributed by atoms with E-state index in [-0.39, 0.29) is 17.1 Å². The van der Waals surface area contributed by atoms with Crippen LogP contribution in [0.4, 0.5) is 11.4 Å². The monoisotopic (exact) mass is 304 g/mol. The van der Waals surface area contributed by atoms with Gasteiger partial charge in [-0.1, -0.05) is 12.1 Å². The maximum atomic E-state index is 11.4. The molecule has 0 atom stereocenters. The van der Waals surface area contributed by atoms with Gasteiger partial charge in [-0.3, -0.25) is 25.0 Å². The molecule has 0 aliphatic rings. The van der Waals surface area contributed by atoms with Crippen LogP contribution in [-0.4, -0.2) is 24.9 Å². The number of benzene rings is 1. The van der Waals surface area contributed by atoms with Crippen LogP contribution in [0.1, 0.15) is 11.4 Å². The maximum absolute atomic E-state index is 11.4. The lowest BCUT2D eigenvalue weighted by molar-refractivity contribution is -0.387. The first kappa shape index (κ1) is 14.8. The van der Waals surface area contributed by atoms with Crippen molar-refractivity contribution in [3.63, 3.8) is 0 Å². The first-order valence-electron chi connectivity index (χ1n) is 5.79. The number of rotatable bonds is 4. The number of hydrogen-bond acceptors (Lipinski definition) is 7. The maximum Gasteiger partial charge on any atom is 0.395 e. The summed E-state index contributed by atoms with van der Waals surface area (Å²) in [6.07, 6.45) is 2.48. The molecule has 0 spiro atoms. The van der Waals surface area contributed by atoms with Crippen molar-refractivity contribution in [1.29, 1.82) is 0 Å². The van der Waals surface area contributed by atoms with Gasteiger partial charge in [-0.2, -0.15) is 4.98 Å². The standard InChI is InChI=1S/C12H8N4O6/c17-11-10(16(21)22)12(18)14-9(13-11)6-5-7-3-1-2-4-8(7)15(19)20/h1-6H,(H2,13,14,17,18)/b6-5-. The van der Waals surface area contributed by atoms with Crippen LogP contribution in [0, 0.1) is 20.2 Å². The number of aromatic hydroxyl groups is 1. The van der Waals surface area contributed by atoms with E-state index in [1.807, 2.05) is 0 Å². The molecule has 10 nitrogen and oxygen atoms in total. The largest absolute Gasteiger partial charge is 0.488 e. The summed E-state index contributed by atoms with van der Waals surface area (Å²) in [5, 5.41) is 30.8. The lowest BCUT2D eigenvalue weighted by atomic mass is 10.1. The number of nitro groups is 2. The lowest BCUT2D eigenvalue weighted by Crippen LogP contribution is -2.14. The zero-order valence-corrected chi connectivity index (χ0v) is 10.8. The molecule has 0 bridgehead atoms. The lowest BCUT2D eigenvalue weighted by Gasteiger charge is -1.98. The van der Waals surface area contributed by atoms with Gasteiger partial charge in [0.2, 0.25) is 0 Å². The number of para-hydroxylation sites is 1. The molecular weight excluding hydrogens is 296 g/mol. The number of nitro benzene ring substituents is 1. The average molecular weight is 304 g/mol. The number of aromatic amines is 1. The molecule has 0 saturated heterocycles. The summed E-state index contributed by atoms with van der Waals surface area (Å²) in [4.78, 5) is 36.7. The molecule has 0 aliphatic carbocycles. The minimum Gasteiger partial charge on any atom is -0.488 e.